The molecule has 0 spiro atoms. The zero-order valence-corrected chi connectivity index (χ0v) is 10.6. The minimum atomic E-state index is 0.592. The van der Waals surface area contributed by atoms with Crippen molar-refractivity contribution in [3.8, 4) is 0 Å². The first-order chi connectivity index (χ1) is 7.74. The zero-order valence-electron chi connectivity index (χ0n) is 10.6. The molecule has 0 saturated carbocycles. The molecule has 0 amide bonds. The molecule has 16 heavy (non-hydrogen) atoms. The highest BCUT2D eigenvalue weighted by Crippen LogP contribution is 2.07. The highest BCUT2D eigenvalue weighted by atomic mass is 16.5. The van der Waals surface area contributed by atoms with Gasteiger partial charge in [-0.15, -0.1) is 0 Å². The summed E-state index contributed by atoms with van der Waals surface area (Å²) in [5, 5.41) is 3.73. The van der Waals surface area contributed by atoms with Crippen molar-refractivity contribution in [1.82, 2.24) is 15.1 Å². The van der Waals surface area contributed by atoms with Crippen LogP contribution in [0.1, 0.15) is 13.3 Å². The Morgan fingerprint density at radius 1 is 1.31 bits per heavy atom. The van der Waals surface area contributed by atoms with Crippen LogP contribution in [0, 0.1) is 0 Å². The maximum atomic E-state index is 5.36. The fourth-order valence-corrected chi connectivity index (χ4v) is 2.70. The van der Waals surface area contributed by atoms with Crippen molar-refractivity contribution >= 4 is 0 Å². The van der Waals surface area contributed by atoms with Crippen molar-refractivity contribution < 1.29 is 4.74 Å². The molecular formula is C12H25N3O. The lowest BCUT2D eigenvalue weighted by Gasteiger charge is -2.30. The molecule has 0 aromatic rings. The van der Waals surface area contributed by atoms with E-state index in [9.17, 15) is 0 Å². The second-order valence-electron chi connectivity index (χ2n) is 5.23. The van der Waals surface area contributed by atoms with E-state index in [1.165, 1.54) is 19.5 Å². The smallest absolute Gasteiger partial charge is 0.0594 e. The summed E-state index contributed by atoms with van der Waals surface area (Å²) in [5.74, 6) is 0. The summed E-state index contributed by atoms with van der Waals surface area (Å²) in [6.45, 7) is 9.89. The van der Waals surface area contributed by atoms with Gasteiger partial charge in [0.25, 0.3) is 0 Å². The van der Waals surface area contributed by atoms with Crippen molar-refractivity contribution in [2.45, 2.75) is 25.4 Å². The van der Waals surface area contributed by atoms with Crippen LogP contribution in [0.5, 0.6) is 0 Å². The predicted octanol–water partition coefficient (Wildman–Crippen LogP) is 0.000800. The topological polar surface area (TPSA) is 27.7 Å². The second kappa shape index (κ2) is 5.96. The summed E-state index contributed by atoms with van der Waals surface area (Å²) in [6, 6.07) is 1.29. The molecule has 2 unspecified atom stereocenters. The molecule has 2 fully saturated rings. The van der Waals surface area contributed by atoms with Crippen LogP contribution in [0.25, 0.3) is 0 Å². The summed E-state index contributed by atoms with van der Waals surface area (Å²) in [5.41, 5.74) is 0. The summed E-state index contributed by atoms with van der Waals surface area (Å²) < 4.78 is 5.36. The van der Waals surface area contributed by atoms with Gasteiger partial charge in [-0.3, -0.25) is 4.90 Å². The minimum absolute atomic E-state index is 0.592. The summed E-state index contributed by atoms with van der Waals surface area (Å²) in [4.78, 5) is 4.90. The van der Waals surface area contributed by atoms with E-state index in [-0.39, 0.29) is 0 Å². The number of nitrogens with zero attached hydrogens (tertiary/aromatic N) is 2. The van der Waals surface area contributed by atoms with Gasteiger partial charge >= 0.3 is 0 Å². The first-order valence-corrected chi connectivity index (χ1v) is 6.49. The van der Waals surface area contributed by atoms with E-state index in [0.29, 0.717) is 12.1 Å². The largest absolute Gasteiger partial charge is 0.379 e. The number of rotatable bonds is 4. The predicted molar refractivity (Wildman–Crippen MR) is 65.8 cm³/mol. The Kier molecular flexibility index (Phi) is 4.58. The molecule has 4 heteroatoms. The summed E-state index contributed by atoms with van der Waals surface area (Å²) >= 11 is 0. The summed E-state index contributed by atoms with van der Waals surface area (Å²) in [6.07, 6.45) is 1.30. The summed E-state index contributed by atoms with van der Waals surface area (Å²) in [7, 11) is 2.20. The van der Waals surface area contributed by atoms with E-state index in [0.717, 1.165) is 32.8 Å². The van der Waals surface area contributed by atoms with Gasteiger partial charge in [-0.2, -0.15) is 0 Å². The molecule has 0 aromatic heterocycles. The Labute approximate surface area is 98.9 Å². The van der Waals surface area contributed by atoms with Crippen molar-refractivity contribution in [1.29, 1.82) is 0 Å². The lowest BCUT2D eigenvalue weighted by atomic mass is 10.2. The molecule has 2 heterocycles. The molecule has 0 aromatic carbocycles. The Morgan fingerprint density at radius 2 is 2.06 bits per heavy atom. The molecule has 0 aliphatic carbocycles. The zero-order chi connectivity index (χ0) is 11.4. The number of hydrogen-bond donors (Lipinski definition) is 1. The van der Waals surface area contributed by atoms with Crippen molar-refractivity contribution in [3.63, 3.8) is 0 Å². The van der Waals surface area contributed by atoms with E-state index in [1.54, 1.807) is 0 Å². The first kappa shape index (κ1) is 12.3. The number of morpholine rings is 1. The van der Waals surface area contributed by atoms with Gasteiger partial charge < -0.3 is 15.0 Å². The number of nitrogens with one attached hydrogen (secondary N) is 1. The van der Waals surface area contributed by atoms with E-state index in [1.807, 2.05) is 0 Å². The SMILES string of the molecule is CC(CN1CCOCC1)NC1CCN(C)C1. The van der Waals surface area contributed by atoms with E-state index < -0.39 is 0 Å². The van der Waals surface area contributed by atoms with Crippen LogP contribution in [-0.2, 0) is 4.74 Å². The Hall–Kier alpha value is -0.160. The lowest BCUT2D eigenvalue weighted by molar-refractivity contribution is 0.0339. The third-order valence-electron chi connectivity index (χ3n) is 3.55. The van der Waals surface area contributed by atoms with Gasteiger partial charge in [-0.25, -0.2) is 0 Å². The van der Waals surface area contributed by atoms with Crippen LogP contribution in [0.15, 0.2) is 0 Å². The molecule has 0 bridgehead atoms. The molecule has 2 rings (SSSR count). The molecule has 0 radical (unpaired) electrons. The number of ether oxygens (including phenoxy) is 1. The standard InChI is InChI=1S/C12H25N3O/c1-11(9-15-5-7-16-8-6-15)13-12-3-4-14(2)10-12/h11-13H,3-10H2,1-2H3. The maximum Gasteiger partial charge on any atom is 0.0594 e. The molecule has 2 saturated heterocycles. The van der Waals surface area contributed by atoms with Gasteiger partial charge in [0.2, 0.25) is 0 Å². The van der Waals surface area contributed by atoms with Crippen LogP contribution in [-0.4, -0.2) is 74.9 Å². The average Bonchev–Trinajstić information content (AvgIpc) is 2.65. The average molecular weight is 227 g/mol. The Bertz CT molecular complexity index is 200. The Balaban J connectivity index is 1.65. The number of likely N-dealkylation sites (tertiary alicyclic amines) is 1. The van der Waals surface area contributed by atoms with Gasteiger partial charge in [0.15, 0.2) is 0 Å². The van der Waals surface area contributed by atoms with Crippen LogP contribution in [0.4, 0.5) is 0 Å². The molecule has 94 valence electrons. The normalized spacial score (nSPS) is 30.8. The highest BCUT2D eigenvalue weighted by Gasteiger charge is 2.21. The first-order valence-electron chi connectivity index (χ1n) is 6.49. The van der Waals surface area contributed by atoms with Gasteiger partial charge in [0, 0.05) is 38.3 Å². The number of likely N-dealkylation sites (N-methyl/N-ethyl adjacent to an activating group) is 1. The molecule has 2 aliphatic rings. The van der Waals surface area contributed by atoms with E-state index >= 15 is 0 Å². The van der Waals surface area contributed by atoms with Crippen LogP contribution < -0.4 is 5.32 Å². The van der Waals surface area contributed by atoms with Crippen molar-refractivity contribution in [2.24, 2.45) is 0 Å². The van der Waals surface area contributed by atoms with Gasteiger partial charge in [0.1, 0.15) is 0 Å². The van der Waals surface area contributed by atoms with Gasteiger partial charge in [-0.05, 0) is 26.9 Å². The van der Waals surface area contributed by atoms with E-state index in [2.05, 4.69) is 29.1 Å². The highest BCUT2D eigenvalue weighted by molar-refractivity contribution is 4.82. The molecular weight excluding hydrogens is 202 g/mol. The number of hydrogen-bond acceptors (Lipinski definition) is 4. The second-order valence-corrected chi connectivity index (χ2v) is 5.23. The van der Waals surface area contributed by atoms with Crippen LogP contribution in [0.2, 0.25) is 0 Å². The van der Waals surface area contributed by atoms with Crippen molar-refractivity contribution in [3.05, 3.63) is 0 Å². The lowest BCUT2D eigenvalue weighted by Crippen LogP contribution is -2.47. The molecule has 2 aliphatic heterocycles. The Morgan fingerprint density at radius 3 is 2.69 bits per heavy atom. The third kappa shape index (κ3) is 3.70. The fourth-order valence-electron chi connectivity index (χ4n) is 2.70. The van der Waals surface area contributed by atoms with Crippen molar-refractivity contribution in [2.75, 3.05) is 53.0 Å². The van der Waals surface area contributed by atoms with E-state index in [4.69, 9.17) is 4.74 Å². The molecule has 2 atom stereocenters. The van der Waals surface area contributed by atoms with Gasteiger partial charge in [0.05, 0.1) is 13.2 Å². The quantitative estimate of drug-likeness (QED) is 0.732. The van der Waals surface area contributed by atoms with Crippen LogP contribution >= 0.6 is 0 Å². The monoisotopic (exact) mass is 227 g/mol. The third-order valence-corrected chi connectivity index (χ3v) is 3.55. The molecule has 4 nitrogen and oxygen atoms in total. The maximum absolute atomic E-state index is 5.36. The van der Waals surface area contributed by atoms with Gasteiger partial charge in [-0.1, -0.05) is 0 Å². The fraction of sp³-hybridized carbons (Fsp3) is 1.00. The van der Waals surface area contributed by atoms with Crippen LogP contribution in [0.3, 0.4) is 0 Å². The minimum Gasteiger partial charge on any atom is -0.379 e. The molecule has 1 N–H and O–H groups in total.